The molecule has 3 rings (SSSR count). The molecule has 0 unspecified atom stereocenters. The van der Waals surface area contributed by atoms with E-state index in [1.165, 1.54) is 0 Å². The Kier molecular flexibility index (Phi) is 5.76. The first kappa shape index (κ1) is 16.4. The number of benzene rings is 1. The molecule has 1 saturated heterocycles. The van der Waals surface area contributed by atoms with Crippen LogP contribution in [0.5, 0.6) is 0 Å². The number of nitrogens with zero attached hydrogens (tertiary/aromatic N) is 2. The highest BCUT2D eigenvalue weighted by Crippen LogP contribution is 2.15. The van der Waals surface area contributed by atoms with E-state index in [0.29, 0.717) is 5.82 Å². The van der Waals surface area contributed by atoms with Crippen molar-refractivity contribution in [2.45, 2.75) is 6.04 Å². The van der Waals surface area contributed by atoms with Crippen LogP contribution in [0.25, 0.3) is 0 Å². The molecule has 1 aliphatic heterocycles. The van der Waals surface area contributed by atoms with Crippen molar-refractivity contribution in [2.75, 3.05) is 38.2 Å². The summed E-state index contributed by atoms with van der Waals surface area (Å²) in [6.07, 6.45) is 1.65. The summed E-state index contributed by atoms with van der Waals surface area (Å²) in [6.45, 7) is 3.99. The quantitative estimate of drug-likeness (QED) is 0.885. The lowest BCUT2D eigenvalue weighted by atomic mass is 10.1. The minimum atomic E-state index is -0.254. The lowest BCUT2D eigenvalue weighted by molar-refractivity contribution is 0.0340. The van der Waals surface area contributed by atoms with E-state index >= 15 is 0 Å². The van der Waals surface area contributed by atoms with E-state index in [1.54, 1.807) is 12.3 Å². The van der Waals surface area contributed by atoms with Crippen molar-refractivity contribution in [1.29, 1.82) is 0 Å². The smallest absolute Gasteiger partial charge is 0.320 e. The van der Waals surface area contributed by atoms with E-state index in [-0.39, 0.29) is 12.1 Å². The Labute approximate surface area is 141 Å². The number of morpholine rings is 1. The van der Waals surface area contributed by atoms with Gasteiger partial charge in [0.25, 0.3) is 0 Å². The zero-order chi connectivity index (χ0) is 16.6. The summed E-state index contributed by atoms with van der Waals surface area (Å²) in [5.74, 6) is 0.535. The van der Waals surface area contributed by atoms with Crippen LogP contribution in [0.1, 0.15) is 11.6 Å². The number of nitrogens with one attached hydrogen (secondary N) is 2. The molecule has 24 heavy (non-hydrogen) atoms. The molecule has 2 N–H and O–H groups in total. The molecule has 0 bridgehead atoms. The van der Waals surface area contributed by atoms with E-state index in [0.717, 1.165) is 38.4 Å². The molecule has 2 aromatic rings. The van der Waals surface area contributed by atoms with Gasteiger partial charge in [0.2, 0.25) is 0 Å². The second-order valence-electron chi connectivity index (χ2n) is 5.69. The van der Waals surface area contributed by atoms with Gasteiger partial charge in [0.1, 0.15) is 5.82 Å². The van der Waals surface area contributed by atoms with Gasteiger partial charge in [-0.25, -0.2) is 9.78 Å². The average Bonchev–Trinajstić information content (AvgIpc) is 2.63. The Morgan fingerprint density at radius 1 is 1.12 bits per heavy atom. The minimum absolute atomic E-state index is 0.0898. The number of hydrogen-bond acceptors (Lipinski definition) is 4. The molecule has 0 aliphatic carbocycles. The second-order valence-corrected chi connectivity index (χ2v) is 5.69. The molecule has 6 nitrogen and oxygen atoms in total. The van der Waals surface area contributed by atoms with Gasteiger partial charge in [0.15, 0.2) is 0 Å². The maximum absolute atomic E-state index is 12.3. The minimum Gasteiger partial charge on any atom is -0.379 e. The van der Waals surface area contributed by atoms with Gasteiger partial charge in [-0.05, 0) is 17.7 Å². The first-order valence-corrected chi connectivity index (χ1v) is 8.15. The number of urea groups is 1. The van der Waals surface area contributed by atoms with E-state index in [2.05, 4.69) is 20.5 Å². The second kappa shape index (κ2) is 8.42. The third-order valence-electron chi connectivity index (χ3n) is 3.96. The molecule has 1 aromatic heterocycles. The molecule has 1 aromatic carbocycles. The van der Waals surface area contributed by atoms with Crippen LogP contribution in [0.15, 0.2) is 54.7 Å². The Hall–Kier alpha value is -2.44. The first-order chi connectivity index (χ1) is 11.8. The summed E-state index contributed by atoms with van der Waals surface area (Å²) < 4.78 is 5.40. The van der Waals surface area contributed by atoms with Crippen LogP contribution in [0.3, 0.4) is 0 Å². The van der Waals surface area contributed by atoms with Crippen LogP contribution in [0.2, 0.25) is 0 Å². The summed E-state index contributed by atoms with van der Waals surface area (Å²) in [5.41, 5.74) is 1.08. The van der Waals surface area contributed by atoms with Gasteiger partial charge < -0.3 is 10.1 Å². The van der Waals surface area contributed by atoms with Crippen LogP contribution < -0.4 is 10.6 Å². The van der Waals surface area contributed by atoms with Gasteiger partial charge >= 0.3 is 6.03 Å². The topological polar surface area (TPSA) is 66.5 Å². The van der Waals surface area contributed by atoms with Gasteiger partial charge in [0, 0.05) is 25.8 Å². The lowest BCUT2D eigenvalue weighted by Crippen LogP contribution is -2.44. The Morgan fingerprint density at radius 2 is 1.88 bits per heavy atom. The SMILES string of the molecule is O=C(Nc1ccccn1)N[C@@H](CN1CCOCC1)c1ccccc1. The average molecular weight is 326 g/mol. The number of carbonyl (C=O) groups excluding carboxylic acids is 1. The number of rotatable bonds is 5. The maximum atomic E-state index is 12.3. The zero-order valence-electron chi connectivity index (χ0n) is 13.5. The Balaban J connectivity index is 1.66. The van der Waals surface area contributed by atoms with Crippen LogP contribution in [0, 0.1) is 0 Å². The molecule has 6 heteroatoms. The highest BCUT2D eigenvalue weighted by Gasteiger charge is 2.20. The normalized spacial score (nSPS) is 16.3. The fraction of sp³-hybridized carbons (Fsp3) is 0.333. The van der Waals surface area contributed by atoms with E-state index in [4.69, 9.17) is 4.74 Å². The van der Waals surface area contributed by atoms with Crippen molar-refractivity contribution in [3.63, 3.8) is 0 Å². The monoisotopic (exact) mass is 326 g/mol. The largest absolute Gasteiger partial charge is 0.379 e. The van der Waals surface area contributed by atoms with E-state index in [9.17, 15) is 4.79 Å². The molecule has 2 amide bonds. The molecular weight excluding hydrogens is 304 g/mol. The summed E-state index contributed by atoms with van der Waals surface area (Å²) in [7, 11) is 0. The molecule has 2 heterocycles. The number of ether oxygens (including phenoxy) is 1. The van der Waals surface area contributed by atoms with Gasteiger partial charge in [0.05, 0.1) is 19.3 Å². The van der Waals surface area contributed by atoms with Crippen molar-refractivity contribution >= 4 is 11.8 Å². The molecular formula is C18H22N4O2. The molecule has 0 spiro atoms. The fourth-order valence-electron chi connectivity index (χ4n) is 2.71. The van der Waals surface area contributed by atoms with E-state index in [1.807, 2.05) is 42.5 Å². The van der Waals surface area contributed by atoms with E-state index < -0.39 is 0 Å². The standard InChI is InChI=1S/C18H22N4O2/c23-18(21-17-8-4-5-9-19-17)20-16(15-6-2-1-3-7-15)14-22-10-12-24-13-11-22/h1-9,16H,10-14H2,(H2,19,20,21,23)/t16-/m0/s1. The predicted molar refractivity (Wildman–Crippen MR) is 92.8 cm³/mol. The molecule has 1 atom stereocenters. The van der Waals surface area contributed by atoms with Crippen molar-refractivity contribution < 1.29 is 9.53 Å². The van der Waals surface area contributed by atoms with Crippen molar-refractivity contribution in [3.8, 4) is 0 Å². The summed E-state index contributed by atoms with van der Waals surface area (Å²) in [5, 5.41) is 5.83. The molecule has 1 fully saturated rings. The Bertz CT molecular complexity index is 630. The summed E-state index contributed by atoms with van der Waals surface area (Å²) in [4.78, 5) is 18.8. The molecule has 1 aliphatic rings. The number of hydrogen-bond donors (Lipinski definition) is 2. The fourth-order valence-corrected chi connectivity index (χ4v) is 2.71. The number of carbonyl (C=O) groups is 1. The summed E-state index contributed by atoms with van der Waals surface area (Å²) >= 11 is 0. The molecule has 126 valence electrons. The summed E-state index contributed by atoms with van der Waals surface area (Å²) in [6, 6.07) is 15.1. The lowest BCUT2D eigenvalue weighted by Gasteiger charge is -2.31. The van der Waals surface area contributed by atoms with Crippen molar-refractivity contribution in [1.82, 2.24) is 15.2 Å². The highest BCUT2D eigenvalue weighted by molar-refractivity contribution is 5.88. The number of anilines is 1. The highest BCUT2D eigenvalue weighted by atomic mass is 16.5. The van der Waals surface area contributed by atoms with Crippen LogP contribution >= 0.6 is 0 Å². The number of amides is 2. The van der Waals surface area contributed by atoms with Gasteiger partial charge in [-0.2, -0.15) is 0 Å². The third-order valence-corrected chi connectivity index (χ3v) is 3.96. The van der Waals surface area contributed by atoms with Gasteiger partial charge in [-0.15, -0.1) is 0 Å². The predicted octanol–water partition coefficient (Wildman–Crippen LogP) is 2.28. The molecule has 0 radical (unpaired) electrons. The third kappa shape index (κ3) is 4.78. The van der Waals surface area contributed by atoms with Gasteiger partial charge in [-0.1, -0.05) is 36.4 Å². The first-order valence-electron chi connectivity index (χ1n) is 8.15. The van der Waals surface area contributed by atoms with Crippen LogP contribution in [-0.4, -0.2) is 48.8 Å². The van der Waals surface area contributed by atoms with Crippen molar-refractivity contribution in [3.05, 3.63) is 60.3 Å². The molecule has 0 saturated carbocycles. The Morgan fingerprint density at radius 3 is 2.58 bits per heavy atom. The number of pyridine rings is 1. The van der Waals surface area contributed by atoms with Crippen LogP contribution in [0.4, 0.5) is 10.6 Å². The van der Waals surface area contributed by atoms with Crippen LogP contribution in [-0.2, 0) is 4.74 Å². The number of aromatic nitrogens is 1. The maximum Gasteiger partial charge on any atom is 0.320 e. The van der Waals surface area contributed by atoms with Crippen molar-refractivity contribution in [2.24, 2.45) is 0 Å². The zero-order valence-corrected chi connectivity index (χ0v) is 13.5. The van der Waals surface area contributed by atoms with Gasteiger partial charge in [-0.3, -0.25) is 10.2 Å².